The molecule has 2 bridgehead atoms. The van der Waals surface area contributed by atoms with Crippen molar-refractivity contribution < 1.29 is 9.53 Å². The lowest BCUT2D eigenvalue weighted by molar-refractivity contribution is -0.151. The summed E-state index contributed by atoms with van der Waals surface area (Å²) < 4.78 is 5.57. The van der Waals surface area contributed by atoms with Gasteiger partial charge >= 0.3 is 5.97 Å². The molecule has 0 amide bonds. The maximum Gasteiger partial charge on any atom is 0.309 e. The van der Waals surface area contributed by atoms with Crippen LogP contribution in [0.1, 0.15) is 33.6 Å². The van der Waals surface area contributed by atoms with Gasteiger partial charge < -0.3 is 4.74 Å². The first-order valence-electron chi connectivity index (χ1n) is 5.20. The Morgan fingerprint density at radius 2 is 2.08 bits per heavy atom. The molecule has 2 nitrogen and oxygen atoms in total. The average Bonchev–Trinajstić information content (AvgIpc) is 2.54. The van der Waals surface area contributed by atoms with E-state index in [1.807, 2.05) is 0 Å². The Bertz CT molecular complexity index is 298. The van der Waals surface area contributed by atoms with Crippen molar-refractivity contribution in [2.24, 2.45) is 23.2 Å². The topological polar surface area (TPSA) is 26.3 Å². The monoisotopic (exact) mass is 180 g/mol. The van der Waals surface area contributed by atoms with E-state index in [4.69, 9.17) is 4.74 Å². The third kappa shape index (κ3) is 0.628. The summed E-state index contributed by atoms with van der Waals surface area (Å²) in [5.74, 6) is 1.35. The van der Waals surface area contributed by atoms with Crippen molar-refractivity contribution in [1.29, 1.82) is 0 Å². The molecule has 0 N–H and O–H groups in total. The van der Waals surface area contributed by atoms with Crippen molar-refractivity contribution in [1.82, 2.24) is 0 Å². The van der Waals surface area contributed by atoms with Gasteiger partial charge in [-0.25, -0.2) is 0 Å². The standard InChI is InChI=1S/C11H16O2/c1-6-10(2)4-7-8(5-10)11(6,3)13-9(7)12/h6-8H,4-5H2,1-3H3. The first kappa shape index (κ1) is 7.84. The smallest absolute Gasteiger partial charge is 0.309 e. The fourth-order valence-corrected chi connectivity index (χ4v) is 4.05. The highest BCUT2D eigenvalue weighted by Crippen LogP contribution is 2.68. The van der Waals surface area contributed by atoms with Gasteiger partial charge in [-0.2, -0.15) is 0 Å². The summed E-state index contributed by atoms with van der Waals surface area (Å²) in [6.45, 7) is 6.69. The molecule has 2 aliphatic carbocycles. The number of carbonyl (C=O) groups excluding carboxylic acids is 1. The fourth-order valence-electron chi connectivity index (χ4n) is 4.05. The summed E-state index contributed by atoms with van der Waals surface area (Å²) in [6, 6.07) is 0. The summed E-state index contributed by atoms with van der Waals surface area (Å²) in [6.07, 6.45) is 2.26. The van der Waals surface area contributed by atoms with Crippen LogP contribution < -0.4 is 0 Å². The van der Waals surface area contributed by atoms with Crippen LogP contribution in [0.2, 0.25) is 0 Å². The molecule has 0 spiro atoms. The van der Waals surface area contributed by atoms with Gasteiger partial charge in [0.25, 0.3) is 0 Å². The van der Waals surface area contributed by atoms with Gasteiger partial charge in [0.15, 0.2) is 0 Å². The first-order valence-corrected chi connectivity index (χ1v) is 5.20. The summed E-state index contributed by atoms with van der Waals surface area (Å²) in [5.41, 5.74) is 0.241. The number of rotatable bonds is 0. The molecule has 0 aromatic heterocycles. The SMILES string of the molecule is CC1C2(C)CC3C(=O)OC1(C)C3C2. The fraction of sp³-hybridized carbons (Fsp3) is 0.909. The first-order chi connectivity index (χ1) is 5.97. The minimum absolute atomic E-state index is 0.0700. The largest absolute Gasteiger partial charge is 0.459 e. The van der Waals surface area contributed by atoms with Gasteiger partial charge in [-0.05, 0) is 25.2 Å². The van der Waals surface area contributed by atoms with Gasteiger partial charge in [-0.1, -0.05) is 13.8 Å². The molecule has 1 saturated heterocycles. The molecule has 1 aliphatic heterocycles. The lowest BCUT2D eigenvalue weighted by Gasteiger charge is -2.37. The Labute approximate surface area is 78.6 Å². The molecule has 0 aromatic rings. The van der Waals surface area contributed by atoms with Crippen LogP contribution in [0.3, 0.4) is 0 Å². The van der Waals surface area contributed by atoms with Crippen molar-refractivity contribution in [3.63, 3.8) is 0 Å². The minimum Gasteiger partial charge on any atom is -0.459 e. The van der Waals surface area contributed by atoms with Gasteiger partial charge in [0.2, 0.25) is 0 Å². The van der Waals surface area contributed by atoms with Crippen molar-refractivity contribution in [3.8, 4) is 0 Å². The highest BCUT2D eigenvalue weighted by molar-refractivity contribution is 5.77. The molecule has 2 saturated carbocycles. The molecule has 1 heterocycles. The molecule has 3 rings (SSSR count). The molecule has 2 heteroatoms. The molecule has 0 radical (unpaired) electrons. The number of carbonyl (C=O) groups is 1. The van der Waals surface area contributed by atoms with E-state index < -0.39 is 0 Å². The van der Waals surface area contributed by atoms with E-state index in [9.17, 15) is 4.79 Å². The van der Waals surface area contributed by atoms with Crippen molar-refractivity contribution in [2.75, 3.05) is 0 Å². The Morgan fingerprint density at radius 1 is 1.38 bits per heavy atom. The second-order valence-corrected chi connectivity index (χ2v) is 5.60. The predicted octanol–water partition coefficient (Wildman–Crippen LogP) is 1.98. The lowest BCUT2D eigenvalue weighted by Crippen LogP contribution is -2.40. The quantitative estimate of drug-likeness (QED) is 0.533. The lowest BCUT2D eigenvalue weighted by atomic mass is 9.69. The van der Waals surface area contributed by atoms with Crippen molar-refractivity contribution in [2.45, 2.75) is 39.2 Å². The van der Waals surface area contributed by atoms with Gasteiger partial charge in [-0.15, -0.1) is 0 Å². The minimum atomic E-state index is -0.130. The van der Waals surface area contributed by atoms with Crippen LogP contribution in [0.5, 0.6) is 0 Å². The van der Waals surface area contributed by atoms with E-state index in [0.717, 1.165) is 6.42 Å². The zero-order valence-corrected chi connectivity index (χ0v) is 8.46. The zero-order chi connectivity index (χ0) is 9.43. The summed E-state index contributed by atoms with van der Waals surface area (Å²) >= 11 is 0. The highest BCUT2D eigenvalue weighted by atomic mass is 16.6. The Kier molecular flexibility index (Phi) is 1.08. The second kappa shape index (κ2) is 1.79. The summed E-state index contributed by atoms with van der Waals surface area (Å²) in [4.78, 5) is 11.6. The molecular weight excluding hydrogens is 164 g/mol. The molecule has 0 aromatic carbocycles. The highest BCUT2D eigenvalue weighted by Gasteiger charge is 2.71. The van der Waals surface area contributed by atoms with E-state index in [1.165, 1.54) is 6.42 Å². The average molecular weight is 180 g/mol. The van der Waals surface area contributed by atoms with Crippen molar-refractivity contribution >= 4 is 5.97 Å². The van der Waals surface area contributed by atoms with Crippen LogP contribution >= 0.6 is 0 Å². The Balaban J connectivity index is 2.14. The van der Waals surface area contributed by atoms with Crippen LogP contribution in [0.4, 0.5) is 0 Å². The van der Waals surface area contributed by atoms with E-state index in [1.54, 1.807) is 0 Å². The van der Waals surface area contributed by atoms with Gasteiger partial charge in [0.1, 0.15) is 5.60 Å². The van der Waals surface area contributed by atoms with E-state index in [2.05, 4.69) is 20.8 Å². The van der Waals surface area contributed by atoms with Gasteiger partial charge in [-0.3, -0.25) is 4.79 Å². The summed E-state index contributed by atoms with van der Waals surface area (Å²) in [7, 11) is 0. The third-order valence-electron chi connectivity index (χ3n) is 5.12. The molecular formula is C11H16O2. The van der Waals surface area contributed by atoms with Crippen LogP contribution in [-0.4, -0.2) is 11.6 Å². The number of ether oxygens (including phenoxy) is 1. The molecule has 5 unspecified atom stereocenters. The molecule has 3 aliphatic rings. The molecule has 72 valence electrons. The molecule has 13 heavy (non-hydrogen) atoms. The van der Waals surface area contributed by atoms with E-state index >= 15 is 0 Å². The predicted molar refractivity (Wildman–Crippen MR) is 48.0 cm³/mol. The van der Waals surface area contributed by atoms with Gasteiger partial charge in [0, 0.05) is 11.8 Å². The van der Waals surface area contributed by atoms with E-state index in [-0.39, 0.29) is 17.5 Å². The number of hydrogen-bond donors (Lipinski definition) is 0. The normalized spacial score (nSPS) is 63.0. The zero-order valence-electron chi connectivity index (χ0n) is 8.46. The Morgan fingerprint density at radius 3 is 2.62 bits per heavy atom. The van der Waals surface area contributed by atoms with Gasteiger partial charge in [0.05, 0.1) is 5.92 Å². The van der Waals surface area contributed by atoms with Crippen molar-refractivity contribution in [3.05, 3.63) is 0 Å². The van der Waals surface area contributed by atoms with E-state index in [0.29, 0.717) is 17.3 Å². The second-order valence-electron chi connectivity index (χ2n) is 5.60. The third-order valence-corrected chi connectivity index (χ3v) is 5.12. The number of fused-ring (bicyclic) bond motifs is 1. The number of esters is 1. The maximum atomic E-state index is 11.6. The van der Waals surface area contributed by atoms with Crippen LogP contribution in [0, 0.1) is 23.2 Å². The van der Waals surface area contributed by atoms with Crippen LogP contribution in [0.25, 0.3) is 0 Å². The molecule has 5 atom stereocenters. The Hall–Kier alpha value is -0.530. The number of hydrogen-bond acceptors (Lipinski definition) is 2. The summed E-state index contributed by atoms with van der Waals surface area (Å²) in [5, 5.41) is 0. The van der Waals surface area contributed by atoms with Crippen LogP contribution in [0.15, 0.2) is 0 Å². The maximum absolute atomic E-state index is 11.6. The molecule has 3 fully saturated rings. The van der Waals surface area contributed by atoms with Crippen LogP contribution in [-0.2, 0) is 9.53 Å².